The van der Waals surface area contributed by atoms with Gasteiger partial charge in [0.05, 0.1) is 6.20 Å². The number of hydrogen-bond donors (Lipinski definition) is 1. The molecular weight excluding hydrogens is 205 g/mol. The van der Waals surface area contributed by atoms with Crippen molar-refractivity contribution in [3.05, 3.63) is 24.1 Å². The van der Waals surface area contributed by atoms with Crippen molar-refractivity contribution in [3.8, 4) is 0 Å². The third-order valence-corrected chi connectivity index (χ3v) is 3.75. The fourth-order valence-electron chi connectivity index (χ4n) is 3.11. The van der Waals surface area contributed by atoms with E-state index in [-0.39, 0.29) is 5.82 Å². The largest absolute Gasteiger partial charge is 0.351 e. The van der Waals surface area contributed by atoms with E-state index < -0.39 is 0 Å². The Bertz CT molecular complexity index is 364. The molecule has 2 atom stereocenters. The van der Waals surface area contributed by atoms with Crippen molar-refractivity contribution in [1.82, 2.24) is 4.98 Å². The third-order valence-electron chi connectivity index (χ3n) is 3.75. The van der Waals surface area contributed by atoms with E-state index in [9.17, 15) is 4.39 Å². The number of fused-ring (bicyclic) bond motifs is 2. The number of rotatable bonds is 1. The lowest BCUT2D eigenvalue weighted by Gasteiger charge is -2.38. The average Bonchev–Trinajstić information content (AvgIpc) is 2.54. The molecule has 2 bridgehead atoms. The maximum absolute atomic E-state index is 12.8. The van der Waals surface area contributed by atoms with Gasteiger partial charge in [0.25, 0.3) is 0 Å². The van der Waals surface area contributed by atoms with Gasteiger partial charge in [-0.2, -0.15) is 0 Å². The van der Waals surface area contributed by atoms with Crippen molar-refractivity contribution in [1.29, 1.82) is 0 Å². The Balaban J connectivity index is 1.88. The highest BCUT2D eigenvalue weighted by molar-refractivity contribution is 5.43. The molecule has 2 fully saturated rings. The first kappa shape index (κ1) is 10.0. The minimum Gasteiger partial charge on any atom is -0.351 e. The number of piperidine rings is 1. The summed E-state index contributed by atoms with van der Waals surface area (Å²) < 4.78 is 12.8. The molecule has 2 N–H and O–H groups in total. The molecule has 2 unspecified atom stereocenters. The van der Waals surface area contributed by atoms with E-state index in [1.54, 1.807) is 6.07 Å². The minimum atomic E-state index is -0.273. The molecular formula is C12H16FN3. The summed E-state index contributed by atoms with van der Waals surface area (Å²) in [4.78, 5) is 6.51. The lowest BCUT2D eigenvalue weighted by Crippen LogP contribution is -2.47. The van der Waals surface area contributed by atoms with Crippen molar-refractivity contribution in [3.63, 3.8) is 0 Å². The van der Waals surface area contributed by atoms with Gasteiger partial charge in [0.15, 0.2) is 0 Å². The van der Waals surface area contributed by atoms with Crippen LogP contribution in [0.3, 0.4) is 0 Å². The van der Waals surface area contributed by atoms with E-state index in [4.69, 9.17) is 5.73 Å². The van der Waals surface area contributed by atoms with Crippen LogP contribution in [0.1, 0.15) is 25.7 Å². The molecule has 2 saturated heterocycles. The van der Waals surface area contributed by atoms with Crippen LogP contribution in [0.5, 0.6) is 0 Å². The molecule has 4 heteroatoms. The predicted molar refractivity (Wildman–Crippen MR) is 60.7 cm³/mol. The molecule has 0 aromatic carbocycles. The Morgan fingerprint density at radius 3 is 2.50 bits per heavy atom. The molecule has 1 aromatic heterocycles. The lowest BCUT2D eigenvalue weighted by molar-refractivity contribution is 0.412. The van der Waals surface area contributed by atoms with Gasteiger partial charge in [0, 0.05) is 18.1 Å². The first-order valence-corrected chi connectivity index (χ1v) is 5.89. The van der Waals surface area contributed by atoms with Gasteiger partial charge in [-0.1, -0.05) is 0 Å². The summed E-state index contributed by atoms with van der Waals surface area (Å²) in [7, 11) is 0. The normalized spacial score (nSPS) is 33.1. The molecule has 86 valence electrons. The number of pyridine rings is 1. The van der Waals surface area contributed by atoms with Crippen LogP contribution in [0.15, 0.2) is 18.3 Å². The van der Waals surface area contributed by atoms with Crippen molar-refractivity contribution in [2.75, 3.05) is 4.90 Å². The van der Waals surface area contributed by atoms with E-state index in [0.717, 1.165) is 18.7 Å². The average molecular weight is 221 g/mol. The second kappa shape index (κ2) is 3.70. The van der Waals surface area contributed by atoms with Crippen molar-refractivity contribution in [2.45, 2.75) is 43.8 Å². The van der Waals surface area contributed by atoms with Gasteiger partial charge in [-0.15, -0.1) is 0 Å². The van der Waals surface area contributed by atoms with Gasteiger partial charge in [-0.3, -0.25) is 0 Å². The molecule has 1 aromatic rings. The maximum atomic E-state index is 12.8. The number of hydrogen-bond acceptors (Lipinski definition) is 3. The number of halogens is 1. The van der Waals surface area contributed by atoms with E-state index in [2.05, 4.69) is 9.88 Å². The molecule has 0 amide bonds. The van der Waals surface area contributed by atoms with Crippen LogP contribution in [0.4, 0.5) is 10.2 Å². The summed E-state index contributed by atoms with van der Waals surface area (Å²) >= 11 is 0. The molecule has 3 rings (SSSR count). The maximum Gasteiger partial charge on any atom is 0.141 e. The standard InChI is InChI=1S/C12H16FN3/c13-8-1-4-12(15-7-8)16-10-2-3-11(16)6-9(14)5-10/h1,4,7,9-11H,2-3,5-6,14H2. The summed E-state index contributed by atoms with van der Waals surface area (Å²) in [5, 5.41) is 0. The van der Waals surface area contributed by atoms with Crippen LogP contribution in [0.25, 0.3) is 0 Å². The number of anilines is 1. The van der Waals surface area contributed by atoms with Crippen molar-refractivity contribution >= 4 is 5.82 Å². The van der Waals surface area contributed by atoms with Gasteiger partial charge < -0.3 is 10.6 Å². The third kappa shape index (κ3) is 1.57. The second-order valence-corrected chi connectivity index (χ2v) is 4.86. The van der Waals surface area contributed by atoms with Crippen LogP contribution in [-0.2, 0) is 0 Å². The summed E-state index contributed by atoms with van der Waals surface area (Å²) in [5.41, 5.74) is 6.01. The Kier molecular flexibility index (Phi) is 2.32. The Hall–Kier alpha value is -1.16. The van der Waals surface area contributed by atoms with E-state index >= 15 is 0 Å². The van der Waals surface area contributed by atoms with Gasteiger partial charge in [0.2, 0.25) is 0 Å². The Labute approximate surface area is 94.5 Å². The highest BCUT2D eigenvalue weighted by atomic mass is 19.1. The summed E-state index contributed by atoms with van der Waals surface area (Å²) in [6.45, 7) is 0. The van der Waals surface area contributed by atoms with Crippen LogP contribution < -0.4 is 10.6 Å². The van der Waals surface area contributed by atoms with Crippen LogP contribution in [0.2, 0.25) is 0 Å². The fourth-order valence-corrected chi connectivity index (χ4v) is 3.11. The second-order valence-electron chi connectivity index (χ2n) is 4.86. The zero-order valence-corrected chi connectivity index (χ0v) is 9.14. The lowest BCUT2D eigenvalue weighted by atomic mass is 9.98. The van der Waals surface area contributed by atoms with E-state index in [1.807, 2.05) is 0 Å². The van der Waals surface area contributed by atoms with Crippen molar-refractivity contribution < 1.29 is 4.39 Å². The molecule has 0 radical (unpaired) electrons. The quantitative estimate of drug-likeness (QED) is 0.784. The smallest absolute Gasteiger partial charge is 0.141 e. The first-order chi connectivity index (χ1) is 7.74. The van der Waals surface area contributed by atoms with Gasteiger partial charge in [-0.05, 0) is 37.8 Å². The van der Waals surface area contributed by atoms with Gasteiger partial charge in [-0.25, -0.2) is 9.37 Å². The Morgan fingerprint density at radius 1 is 1.25 bits per heavy atom. The number of aromatic nitrogens is 1. The molecule has 3 nitrogen and oxygen atoms in total. The van der Waals surface area contributed by atoms with Gasteiger partial charge >= 0.3 is 0 Å². The first-order valence-electron chi connectivity index (χ1n) is 5.89. The highest BCUT2D eigenvalue weighted by Gasteiger charge is 2.40. The molecule has 0 aliphatic carbocycles. The monoisotopic (exact) mass is 221 g/mol. The molecule has 2 aliphatic rings. The summed E-state index contributed by atoms with van der Waals surface area (Å²) in [5.74, 6) is 0.630. The van der Waals surface area contributed by atoms with Crippen LogP contribution in [-0.4, -0.2) is 23.1 Å². The topological polar surface area (TPSA) is 42.1 Å². The molecule has 0 saturated carbocycles. The van der Waals surface area contributed by atoms with E-state index in [0.29, 0.717) is 18.1 Å². The SMILES string of the molecule is NC1CC2CCC(C1)N2c1ccc(F)cn1. The van der Waals surface area contributed by atoms with E-state index in [1.165, 1.54) is 25.1 Å². The summed E-state index contributed by atoms with van der Waals surface area (Å²) in [6, 6.07) is 4.60. The Morgan fingerprint density at radius 2 is 1.94 bits per heavy atom. The zero-order chi connectivity index (χ0) is 11.1. The van der Waals surface area contributed by atoms with Crippen LogP contribution >= 0.6 is 0 Å². The molecule has 16 heavy (non-hydrogen) atoms. The predicted octanol–water partition coefficient (Wildman–Crippen LogP) is 1.68. The number of nitrogens with two attached hydrogens (primary N) is 1. The van der Waals surface area contributed by atoms with Crippen molar-refractivity contribution in [2.24, 2.45) is 5.73 Å². The fraction of sp³-hybridized carbons (Fsp3) is 0.583. The molecule has 0 spiro atoms. The molecule has 3 heterocycles. The van der Waals surface area contributed by atoms with Crippen LogP contribution in [0, 0.1) is 5.82 Å². The number of nitrogens with zero attached hydrogens (tertiary/aromatic N) is 2. The van der Waals surface area contributed by atoms with Gasteiger partial charge in [0.1, 0.15) is 11.6 Å². The highest BCUT2D eigenvalue weighted by Crippen LogP contribution is 2.37. The molecule has 2 aliphatic heterocycles. The minimum absolute atomic E-state index is 0.273. The summed E-state index contributed by atoms with van der Waals surface area (Å²) in [6.07, 6.45) is 5.75. The zero-order valence-electron chi connectivity index (χ0n) is 9.14.